The van der Waals surface area contributed by atoms with Gasteiger partial charge < -0.3 is 5.11 Å². The van der Waals surface area contributed by atoms with Gasteiger partial charge in [0.05, 0.1) is 6.61 Å². The van der Waals surface area contributed by atoms with Crippen LogP contribution < -0.4 is 0 Å². The molecular formula is C13H12ClNO. The van der Waals surface area contributed by atoms with Crippen LogP contribution in [0.3, 0.4) is 0 Å². The number of hydrogen-bond donors (Lipinski definition) is 1. The summed E-state index contributed by atoms with van der Waals surface area (Å²) in [6.07, 6.45) is 0. The van der Waals surface area contributed by atoms with Gasteiger partial charge in [-0.3, -0.25) is 0 Å². The summed E-state index contributed by atoms with van der Waals surface area (Å²) in [5.41, 5.74) is 3.51. The molecule has 0 aliphatic carbocycles. The van der Waals surface area contributed by atoms with Crippen molar-refractivity contribution >= 4 is 11.6 Å². The molecule has 3 heteroatoms. The molecule has 2 rings (SSSR count). The van der Waals surface area contributed by atoms with Gasteiger partial charge in [-0.05, 0) is 24.1 Å². The predicted molar refractivity (Wildman–Crippen MR) is 65.3 cm³/mol. The number of halogens is 1. The molecule has 1 N–H and O–H groups in total. The smallest absolute Gasteiger partial charge is 0.135 e. The first-order valence-corrected chi connectivity index (χ1v) is 5.42. The van der Waals surface area contributed by atoms with Crippen molar-refractivity contribution < 1.29 is 5.11 Å². The summed E-state index contributed by atoms with van der Waals surface area (Å²) in [5.74, 6) is 0. The molecule has 0 radical (unpaired) electrons. The molecule has 0 bridgehead atoms. The Hall–Kier alpha value is -1.38. The highest BCUT2D eigenvalue weighted by molar-refractivity contribution is 6.30. The average Bonchev–Trinajstić information content (AvgIpc) is 2.29. The molecule has 0 amide bonds. The van der Waals surface area contributed by atoms with Crippen LogP contribution in [0.25, 0.3) is 11.1 Å². The second kappa shape index (κ2) is 4.64. The van der Waals surface area contributed by atoms with Crippen LogP contribution in [0, 0.1) is 6.92 Å². The summed E-state index contributed by atoms with van der Waals surface area (Å²) in [6.45, 7) is 1.79. The van der Waals surface area contributed by atoms with Gasteiger partial charge in [-0.1, -0.05) is 41.9 Å². The summed E-state index contributed by atoms with van der Waals surface area (Å²) >= 11 is 6.01. The summed E-state index contributed by atoms with van der Waals surface area (Å²) in [5, 5.41) is 9.70. The van der Waals surface area contributed by atoms with Crippen LogP contribution in [0.4, 0.5) is 0 Å². The van der Waals surface area contributed by atoms with E-state index in [4.69, 9.17) is 11.6 Å². The first-order valence-electron chi connectivity index (χ1n) is 5.04. The minimum atomic E-state index is -0.101. The number of benzene rings is 1. The topological polar surface area (TPSA) is 33.1 Å². The lowest BCUT2D eigenvalue weighted by Gasteiger charge is -2.10. The van der Waals surface area contributed by atoms with E-state index in [1.54, 1.807) is 0 Å². The van der Waals surface area contributed by atoms with Crippen molar-refractivity contribution in [1.82, 2.24) is 4.98 Å². The van der Waals surface area contributed by atoms with Crippen molar-refractivity contribution in [1.29, 1.82) is 0 Å². The lowest BCUT2D eigenvalue weighted by molar-refractivity contribution is 0.282. The molecule has 0 saturated heterocycles. The van der Waals surface area contributed by atoms with Crippen molar-refractivity contribution in [2.24, 2.45) is 0 Å². The van der Waals surface area contributed by atoms with E-state index in [0.29, 0.717) is 10.7 Å². The molecule has 1 heterocycles. The highest BCUT2D eigenvalue weighted by Gasteiger charge is 2.10. The molecule has 0 saturated carbocycles. The van der Waals surface area contributed by atoms with Gasteiger partial charge in [0.15, 0.2) is 0 Å². The third-order valence-corrected chi connectivity index (χ3v) is 2.76. The van der Waals surface area contributed by atoms with Crippen LogP contribution in [-0.4, -0.2) is 10.1 Å². The second-order valence-electron chi connectivity index (χ2n) is 3.60. The molecule has 16 heavy (non-hydrogen) atoms. The number of nitrogens with zero attached hydrogens (tertiary/aromatic N) is 1. The Labute approximate surface area is 99.5 Å². The van der Waals surface area contributed by atoms with Crippen LogP contribution in [0.15, 0.2) is 36.4 Å². The van der Waals surface area contributed by atoms with Crippen molar-refractivity contribution in [3.05, 3.63) is 52.8 Å². The van der Waals surface area contributed by atoms with Crippen LogP contribution >= 0.6 is 11.6 Å². The third-order valence-electron chi connectivity index (χ3n) is 2.44. The zero-order valence-electron chi connectivity index (χ0n) is 8.94. The number of aromatic nitrogens is 1. The number of aliphatic hydroxyl groups is 1. The zero-order valence-corrected chi connectivity index (χ0v) is 9.70. The standard InChI is InChI=1S/C13H12ClNO/c1-9-7-11(10-5-3-2-4-6-10)12(8-16)13(14)15-9/h2-7,16H,8H2,1H3. The SMILES string of the molecule is Cc1cc(-c2ccccc2)c(CO)c(Cl)n1. The van der Waals surface area contributed by atoms with Gasteiger partial charge in [-0.25, -0.2) is 4.98 Å². The van der Waals surface area contributed by atoms with E-state index in [-0.39, 0.29) is 6.61 Å². The molecule has 2 nitrogen and oxygen atoms in total. The highest BCUT2D eigenvalue weighted by atomic mass is 35.5. The summed E-state index contributed by atoms with van der Waals surface area (Å²) in [7, 11) is 0. The molecule has 0 fully saturated rings. The van der Waals surface area contributed by atoms with Gasteiger partial charge in [-0.2, -0.15) is 0 Å². The van der Waals surface area contributed by atoms with Crippen molar-refractivity contribution in [2.45, 2.75) is 13.5 Å². The maximum atomic E-state index is 9.33. The lowest BCUT2D eigenvalue weighted by atomic mass is 10.0. The molecule has 0 spiro atoms. The number of aliphatic hydroxyl groups excluding tert-OH is 1. The fraction of sp³-hybridized carbons (Fsp3) is 0.154. The normalized spacial score (nSPS) is 10.4. The van der Waals surface area contributed by atoms with Crippen molar-refractivity contribution in [2.75, 3.05) is 0 Å². The Kier molecular flexibility index (Phi) is 3.22. The Bertz CT molecular complexity index is 497. The van der Waals surface area contributed by atoms with Gasteiger partial charge in [0.2, 0.25) is 0 Å². The van der Waals surface area contributed by atoms with E-state index in [2.05, 4.69) is 4.98 Å². The van der Waals surface area contributed by atoms with E-state index < -0.39 is 0 Å². The fourth-order valence-electron chi connectivity index (χ4n) is 1.69. The molecule has 2 aromatic rings. The Balaban J connectivity index is 2.64. The zero-order chi connectivity index (χ0) is 11.5. The number of rotatable bonds is 2. The Morgan fingerprint density at radius 1 is 1.25 bits per heavy atom. The lowest BCUT2D eigenvalue weighted by Crippen LogP contribution is -1.95. The first-order chi connectivity index (χ1) is 7.72. The highest BCUT2D eigenvalue weighted by Crippen LogP contribution is 2.28. The minimum absolute atomic E-state index is 0.101. The van der Waals surface area contributed by atoms with Crippen molar-refractivity contribution in [3.63, 3.8) is 0 Å². The van der Waals surface area contributed by atoms with Gasteiger partial charge in [0, 0.05) is 11.3 Å². The molecular weight excluding hydrogens is 222 g/mol. The van der Waals surface area contributed by atoms with Gasteiger partial charge >= 0.3 is 0 Å². The molecule has 0 unspecified atom stereocenters. The van der Waals surface area contributed by atoms with Crippen LogP contribution in [-0.2, 0) is 6.61 Å². The third kappa shape index (κ3) is 2.08. The second-order valence-corrected chi connectivity index (χ2v) is 3.96. The average molecular weight is 234 g/mol. The van der Waals surface area contributed by atoms with Crippen LogP contribution in [0.1, 0.15) is 11.3 Å². The number of hydrogen-bond acceptors (Lipinski definition) is 2. The first kappa shape index (κ1) is 11.1. The van der Waals surface area contributed by atoms with E-state index in [0.717, 1.165) is 16.8 Å². The van der Waals surface area contributed by atoms with Crippen molar-refractivity contribution in [3.8, 4) is 11.1 Å². The predicted octanol–water partition coefficient (Wildman–Crippen LogP) is 3.20. The monoisotopic (exact) mass is 233 g/mol. The summed E-state index contributed by atoms with van der Waals surface area (Å²) < 4.78 is 0. The molecule has 1 aromatic carbocycles. The maximum Gasteiger partial charge on any atom is 0.135 e. The maximum absolute atomic E-state index is 9.33. The fourth-order valence-corrected chi connectivity index (χ4v) is 1.98. The molecule has 0 aliphatic heterocycles. The van der Waals surface area contributed by atoms with Crippen LogP contribution in [0.5, 0.6) is 0 Å². The van der Waals surface area contributed by atoms with Gasteiger partial charge in [0.25, 0.3) is 0 Å². The molecule has 82 valence electrons. The quantitative estimate of drug-likeness (QED) is 0.808. The van der Waals surface area contributed by atoms with Gasteiger partial charge in [0.1, 0.15) is 5.15 Å². The molecule has 0 aliphatic rings. The molecule has 1 aromatic heterocycles. The van der Waals surface area contributed by atoms with E-state index >= 15 is 0 Å². The van der Waals surface area contributed by atoms with Crippen LogP contribution in [0.2, 0.25) is 5.15 Å². The van der Waals surface area contributed by atoms with Gasteiger partial charge in [-0.15, -0.1) is 0 Å². The van der Waals surface area contributed by atoms with E-state index in [1.165, 1.54) is 0 Å². The largest absolute Gasteiger partial charge is 0.392 e. The minimum Gasteiger partial charge on any atom is -0.392 e. The number of pyridine rings is 1. The van der Waals surface area contributed by atoms with E-state index in [9.17, 15) is 5.11 Å². The Morgan fingerprint density at radius 2 is 1.94 bits per heavy atom. The summed E-state index contributed by atoms with van der Waals surface area (Å²) in [6, 6.07) is 11.8. The number of aryl methyl sites for hydroxylation is 1. The summed E-state index contributed by atoms with van der Waals surface area (Å²) in [4.78, 5) is 4.14. The van der Waals surface area contributed by atoms with E-state index in [1.807, 2.05) is 43.3 Å². The Morgan fingerprint density at radius 3 is 2.56 bits per heavy atom. The molecule has 0 atom stereocenters.